The van der Waals surface area contributed by atoms with Crippen LogP contribution < -0.4 is 5.73 Å². The molecule has 2 N–H and O–H groups in total. The molecule has 138 valence electrons. The van der Waals surface area contributed by atoms with Crippen LogP contribution in [0.3, 0.4) is 0 Å². The van der Waals surface area contributed by atoms with Gasteiger partial charge in [-0.1, -0.05) is 86.0 Å². The van der Waals surface area contributed by atoms with Crippen LogP contribution in [0.4, 0.5) is 0 Å². The van der Waals surface area contributed by atoms with Crippen molar-refractivity contribution in [2.24, 2.45) is 23.0 Å². The quantitative estimate of drug-likeness (QED) is 0.368. The van der Waals surface area contributed by atoms with Crippen molar-refractivity contribution < 1.29 is 4.79 Å². The van der Waals surface area contributed by atoms with E-state index in [1.165, 1.54) is 51.4 Å². The number of carbonyl (C=O) groups excluding carboxylic acids is 1. The molecule has 0 rings (SSSR count). The third-order valence-corrected chi connectivity index (χ3v) is 5.36. The first-order valence-corrected chi connectivity index (χ1v) is 10.2. The number of ketones is 1. The number of nitrogens with two attached hydrogens (primary N) is 1. The average Bonchev–Trinajstić information content (AvgIpc) is 2.54. The van der Waals surface area contributed by atoms with Crippen molar-refractivity contribution in [3.8, 4) is 0 Å². The number of carbonyl (C=O) groups is 1. The predicted molar refractivity (Wildman–Crippen MR) is 103 cm³/mol. The van der Waals surface area contributed by atoms with E-state index in [-0.39, 0.29) is 11.3 Å². The summed E-state index contributed by atoms with van der Waals surface area (Å²) in [4.78, 5) is 13.1. The van der Waals surface area contributed by atoms with E-state index >= 15 is 0 Å². The minimum atomic E-state index is -0.116. The van der Waals surface area contributed by atoms with Gasteiger partial charge in [0.05, 0.1) is 0 Å². The number of unbranched alkanes of at least 4 members (excludes halogenated alkanes) is 6. The van der Waals surface area contributed by atoms with Gasteiger partial charge in [-0.05, 0) is 31.7 Å². The Balaban J connectivity index is 4.67. The molecule has 2 unspecified atom stereocenters. The second kappa shape index (κ2) is 13.0. The molecule has 0 aromatic heterocycles. The van der Waals surface area contributed by atoms with Gasteiger partial charge in [0.2, 0.25) is 0 Å². The Morgan fingerprint density at radius 1 is 0.913 bits per heavy atom. The zero-order valence-electron chi connectivity index (χ0n) is 16.6. The van der Waals surface area contributed by atoms with E-state index in [1.807, 2.05) is 0 Å². The summed E-state index contributed by atoms with van der Waals surface area (Å²) in [6, 6.07) is 0. The van der Waals surface area contributed by atoms with Crippen LogP contribution in [-0.4, -0.2) is 12.3 Å². The average molecular weight is 326 g/mol. The van der Waals surface area contributed by atoms with Crippen LogP contribution >= 0.6 is 0 Å². The van der Waals surface area contributed by atoms with Gasteiger partial charge in [-0.2, -0.15) is 0 Å². The Morgan fingerprint density at radius 3 is 1.78 bits per heavy atom. The zero-order chi connectivity index (χ0) is 17.7. The van der Waals surface area contributed by atoms with Crippen molar-refractivity contribution in [2.75, 3.05) is 6.54 Å². The lowest BCUT2D eigenvalue weighted by Crippen LogP contribution is -2.34. The van der Waals surface area contributed by atoms with Crippen molar-refractivity contribution in [2.45, 2.75) is 105 Å². The zero-order valence-corrected chi connectivity index (χ0v) is 16.6. The molecule has 0 aliphatic heterocycles. The molecular weight excluding hydrogens is 282 g/mol. The number of rotatable bonds is 15. The monoisotopic (exact) mass is 325 g/mol. The molecule has 0 aliphatic carbocycles. The number of Topliss-reactive ketones (excluding diaryl/α,β-unsaturated/α-hetero) is 1. The summed E-state index contributed by atoms with van der Waals surface area (Å²) in [5.74, 6) is 1.08. The Hall–Kier alpha value is -0.370. The van der Waals surface area contributed by atoms with Gasteiger partial charge < -0.3 is 5.73 Å². The first-order valence-electron chi connectivity index (χ1n) is 10.2. The van der Waals surface area contributed by atoms with Crippen LogP contribution in [0.5, 0.6) is 0 Å². The van der Waals surface area contributed by atoms with Gasteiger partial charge in [0.1, 0.15) is 5.78 Å². The fraction of sp³-hybridized carbons (Fsp3) is 0.952. The third kappa shape index (κ3) is 9.49. The molecular formula is C21H43NO. The molecule has 0 aromatic rings. The summed E-state index contributed by atoms with van der Waals surface area (Å²) in [6.07, 6.45) is 13.1. The lowest BCUT2D eigenvalue weighted by atomic mass is 9.71. The van der Waals surface area contributed by atoms with Gasteiger partial charge in [0.15, 0.2) is 0 Å². The van der Waals surface area contributed by atoms with Crippen molar-refractivity contribution in [3.05, 3.63) is 0 Å². The maximum atomic E-state index is 13.1. The molecule has 0 amide bonds. The molecule has 0 heterocycles. The predicted octanol–water partition coefficient (Wildman–Crippen LogP) is 6.12. The van der Waals surface area contributed by atoms with E-state index in [4.69, 9.17) is 5.73 Å². The van der Waals surface area contributed by atoms with Crippen LogP contribution in [0.25, 0.3) is 0 Å². The molecule has 0 saturated heterocycles. The molecule has 23 heavy (non-hydrogen) atoms. The summed E-state index contributed by atoms with van der Waals surface area (Å²) in [5, 5.41) is 0. The Kier molecular flexibility index (Phi) is 12.8. The molecule has 2 heteroatoms. The molecule has 0 saturated carbocycles. The van der Waals surface area contributed by atoms with Crippen LogP contribution in [0.15, 0.2) is 0 Å². The van der Waals surface area contributed by atoms with Gasteiger partial charge in [-0.15, -0.1) is 0 Å². The van der Waals surface area contributed by atoms with E-state index in [0.29, 0.717) is 18.2 Å². The fourth-order valence-electron chi connectivity index (χ4n) is 3.66. The highest BCUT2D eigenvalue weighted by molar-refractivity contribution is 5.86. The molecule has 2 nitrogen and oxygen atoms in total. The molecule has 0 fully saturated rings. The molecule has 0 radical (unpaired) electrons. The molecule has 0 aromatic carbocycles. The Bertz CT molecular complexity index is 288. The van der Waals surface area contributed by atoms with Crippen molar-refractivity contribution in [1.29, 1.82) is 0 Å². The molecule has 0 spiro atoms. The van der Waals surface area contributed by atoms with E-state index in [0.717, 1.165) is 19.3 Å². The lowest BCUT2D eigenvalue weighted by Gasteiger charge is -2.32. The molecule has 2 atom stereocenters. The minimum absolute atomic E-state index is 0.116. The van der Waals surface area contributed by atoms with Crippen LogP contribution in [0.2, 0.25) is 0 Å². The third-order valence-electron chi connectivity index (χ3n) is 5.36. The summed E-state index contributed by atoms with van der Waals surface area (Å²) in [7, 11) is 0. The SMILES string of the molecule is CCCCCCC(C)(CCCCCC)C(=O)C(C)CC(C)CN. The summed E-state index contributed by atoms with van der Waals surface area (Å²) < 4.78 is 0. The van der Waals surface area contributed by atoms with Gasteiger partial charge in [0.25, 0.3) is 0 Å². The standard InChI is InChI=1S/C21H43NO/c1-6-8-10-12-14-21(5,15-13-11-9-7-2)20(23)19(4)16-18(3)17-22/h18-19H,6-17,22H2,1-5H3. The first-order chi connectivity index (χ1) is 10.9. The molecule has 0 aliphatic rings. The minimum Gasteiger partial charge on any atom is -0.330 e. The summed E-state index contributed by atoms with van der Waals surface area (Å²) in [5.41, 5.74) is 5.63. The van der Waals surface area contributed by atoms with Gasteiger partial charge in [-0.3, -0.25) is 4.79 Å². The highest BCUT2D eigenvalue weighted by atomic mass is 16.1. The maximum absolute atomic E-state index is 13.1. The van der Waals surface area contributed by atoms with Crippen LogP contribution in [0.1, 0.15) is 105 Å². The van der Waals surface area contributed by atoms with Crippen molar-refractivity contribution >= 4 is 5.78 Å². The topological polar surface area (TPSA) is 43.1 Å². The number of hydrogen-bond donors (Lipinski definition) is 1. The number of hydrogen-bond acceptors (Lipinski definition) is 2. The smallest absolute Gasteiger partial charge is 0.141 e. The fourth-order valence-corrected chi connectivity index (χ4v) is 3.66. The van der Waals surface area contributed by atoms with E-state index in [1.54, 1.807) is 0 Å². The second-order valence-electron chi connectivity index (χ2n) is 8.02. The first kappa shape index (κ1) is 22.6. The highest BCUT2D eigenvalue weighted by Crippen LogP contribution is 2.36. The second-order valence-corrected chi connectivity index (χ2v) is 8.02. The van der Waals surface area contributed by atoms with E-state index in [9.17, 15) is 4.79 Å². The maximum Gasteiger partial charge on any atom is 0.141 e. The normalized spacial score (nSPS) is 14.7. The van der Waals surface area contributed by atoms with Crippen LogP contribution in [0, 0.1) is 17.3 Å². The highest BCUT2D eigenvalue weighted by Gasteiger charge is 2.35. The van der Waals surface area contributed by atoms with E-state index in [2.05, 4.69) is 34.6 Å². The molecule has 0 bridgehead atoms. The van der Waals surface area contributed by atoms with Crippen molar-refractivity contribution in [3.63, 3.8) is 0 Å². The van der Waals surface area contributed by atoms with Gasteiger partial charge in [-0.25, -0.2) is 0 Å². The van der Waals surface area contributed by atoms with Crippen molar-refractivity contribution in [1.82, 2.24) is 0 Å². The summed E-state index contributed by atoms with van der Waals surface area (Å²) in [6.45, 7) is 11.7. The Morgan fingerprint density at radius 2 is 1.39 bits per heavy atom. The Labute approximate surface area is 146 Å². The van der Waals surface area contributed by atoms with Crippen LogP contribution in [-0.2, 0) is 4.79 Å². The van der Waals surface area contributed by atoms with Gasteiger partial charge >= 0.3 is 0 Å². The van der Waals surface area contributed by atoms with E-state index < -0.39 is 0 Å². The lowest BCUT2D eigenvalue weighted by molar-refractivity contribution is -0.133. The van der Waals surface area contributed by atoms with Gasteiger partial charge in [0, 0.05) is 11.3 Å². The summed E-state index contributed by atoms with van der Waals surface area (Å²) >= 11 is 0. The largest absolute Gasteiger partial charge is 0.330 e.